The topological polar surface area (TPSA) is 36.4 Å². The van der Waals surface area contributed by atoms with Crippen molar-refractivity contribution >= 4 is 22.2 Å². The Morgan fingerprint density at radius 3 is 3.00 bits per heavy atom. The lowest BCUT2D eigenvalue weighted by atomic mass is 10.0. The molecular weight excluding hydrogens is 268 g/mol. The van der Waals surface area contributed by atoms with Crippen LogP contribution in [0.5, 0.6) is 0 Å². The van der Waals surface area contributed by atoms with E-state index in [-0.39, 0.29) is 6.61 Å². The Morgan fingerprint density at radius 1 is 1.35 bits per heavy atom. The van der Waals surface area contributed by atoms with Crippen molar-refractivity contribution < 1.29 is 5.11 Å². The van der Waals surface area contributed by atoms with E-state index in [9.17, 15) is 5.11 Å². The highest BCUT2D eigenvalue weighted by atomic mass is 32.1. The summed E-state index contributed by atoms with van der Waals surface area (Å²) in [5.74, 6) is 0. The van der Waals surface area contributed by atoms with Crippen LogP contribution in [0.4, 0.5) is 10.8 Å². The van der Waals surface area contributed by atoms with Crippen LogP contribution in [-0.4, -0.2) is 16.6 Å². The summed E-state index contributed by atoms with van der Waals surface area (Å²) in [7, 11) is 0. The molecule has 0 radical (unpaired) electrons. The van der Waals surface area contributed by atoms with Crippen molar-refractivity contribution in [3.05, 3.63) is 40.4 Å². The van der Waals surface area contributed by atoms with E-state index in [1.165, 1.54) is 11.3 Å². The zero-order valence-corrected chi connectivity index (χ0v) is 12.6. The van der Waals surface area contributed by atoms with Crippen LogP contribution < -0.4 is 4.90 Å². The van der Waals surface area contributed by atoms with Crippen molar-refractivity contribution in [2.75, 3.05) is 11.4 Å². The number of aryl methyl sites for hydroxylation is 2. The molecule has 0 fully saturated rings. The van der Waals surface area contributed by atoms with Crippen molar-refractivity contribution in [3.63, 3.8) is 0 Å². The summed E-state index contributed by atoms with van der Waals surface area (Å²) in [6.07, 6.45) is 4.32. The Hall–Kier alpha value is -1.39. The minimum Gasteiger partial charge on any atom is -0.391 e. The van der Waals surface area contributed by atoms with Crippen LogP contribution in [0.25, 0.3) is 0 Å². The predicted octanol–water partition coefficient (Wildman–Crippen LogP) is 3.67. The third-order valence-electron chi connectivity index (χ3n) is 3.74. The number of benzene rings is 1. The summed E-state index contributed by atoms with van der Waals surface area (Å²) in [5, 5.41) is 10.5. The molecule has 2 aromatic rings. The van der Waals surface area contributed by atoms with Gasteiger partial charge in [-0.05, 0) is 30.9 Å². The molecule has 0 saturated heterocycles. The van der Waals surface area contributed by atoms with Gasteiger partial charge < -0.3 is 10.0 Å². The summed E-state index contributed by atoms with van der Waals surface area (Å²) >= 11 is 1.63. The second-order valence-electron chi connectivity index (χ2n) is 5.16. The van der Waals surface area contributed by atoms with E-state index in [1.807, 2.05) is 0 Å². The highest BCUT2D eigenvalue weighted by molar-refractivity contribution is 7.15. The maximum Gasteiger partial charge on any atom is 0.190 e. The molecule has 20 heavy (non-hydrogen) atoms. The summed E-state index contributed by atoms with van der Waals surface area (Å²) in [6.45, 7) is 3.26. The molecule has 0 spiro atoms. The molecule has 0 unspecified atom stereocenters. The number of nitrogens with zero attached hydrogens (tertiary/aromatic N) is 2. The molecule has 0 bridgehead atoms. The maximum absolute atomic E-state index is 9.50. The molecule has 106 valence electrons. The number of anilines is 2. The molecule has 3 rings (SSSR count). The number of hydrogen-bond acceptors (Lipinski definition) is 4. The predicted molar refractivity (Wildman–Crippen MR) is 83.8 cm³/mol. The third kappa shape index (κ3) is 2.45. The molecule has 1 aliphatic rings. The van der Waals surface area contributed by atoms with Crippen LogP contribution in [0, 0.1) is 0 Å². The lowest BCUT2D eigenvalue weighted by Gasteiger charge is -2.28. The number of aromatic nitrogens is 1. The minimum absolute atomic E-state index is 0.0997. The van der Waals surface area contributed by atoms with Crippen LogP contribution in [-0.2, 0) is 19.4 Å². The standard InChI is InChI=1S/C16H20N2OS/c1-2-6-13-15(11-19)20-16(17-13)18-10-5-8-12-7-3-4-9-14(12)18/h3-4,7,9,19H,2,5-6,8,10-11H2,1H3. The Labute approximate surface area is 123 Å². The van der Waals surface area contributed by atoms with Gasteiger partial charge in [0.25, 0.3) is 0 Å². The van der Waals surface area contributed by atoms with E-state index in [1.54, 1.807) is 11.3 Å². The van der Waals surface area contributed by atoms with Gasteiger partial charge in [-0.1, -0.05) is 42.9 Å². The molecular formula is C16H20N2OS. The van der Waals surface area contributed by atoms with Crippen LogP contribution in [0.3, 0.4) is 0 Å². The molecule has 2 heterocycles. The molecule has 0 amide bonds. The summed E-state index contributed by atoms with van der Waals surface area (Å²) in [4.78, 5) is 8.10. The SMILES string of the molecule is CCCc1nc(N2CCCc3ccccc32)sc1CO. The Balaban J connectivity index is 1.98. The van der Waals surface area contributed by atoms with E-state index >= 15 is 0 Å². The van der Waals surface area contributed by atoms with Gasteiger partial charge >= 0.3 is 0 Å². The Morgan fingerprint density at radius 2 is 2.20 bits per heavy atom. The van der Waals surface area contributed by atoms with Gasteiger partial charge in [-0.2, -0.15) is 0 Å². The Bertz CT molecular complexity index is 594. The zero-order valence-electron chi connectivity index (χ0n) is 11.8. The highest BCUT2D eigenvalue weighted by Gasteiger charge is 2.21. The smallest absolute Gasteiger partial charge is 0.190 e. The Kier molecular flexibility index (Phi) is 4.03. The lowest BCUT2D eigenvalue weighted by Crippen LogP contribution is -2.24. The van der Waals surface area contributed by atoms with Crippen LogP contribution in [0.2, 0.25) is 0 Å². The maximum atomic E-state index is 9.50. The van der Waals surface area contributed by atoms with E-state index in [0.29, 0.717) is 0 Å². The third-order valence-corrected chi connectivity index (χ3v) is 4.84. The minimum atomic E-state index is 0.0997. The van der Waals surface area contributed by atoms with Crippen LogP contribution in [0.15, 0.2) is 24.3 Å². The second kappa shape index (κ2) is 5.94. The molecule has 4 heteroatoms. The summed E-state index contributed by atoms with van der Waals surface area (Å²) in [6, 6.07) is 8.57. The number of thiazole rings is 1. The van der Waals surface area contributed by atoms with Crippen molar-refractivity contribution in [2.45, 2.75) is 39.2 Å². The van der Waals surface area contributed by atoms with Crippen LogP contribution >= 0.6 is 11.3 Å². The number of para-hydroxylation sites is 1. The fourth-order valence-corrected chi connectivity index (χ4v) is 3.78. The molecule has 0 saturated carbocycles. The second-order valence-corrected chi connectivity index (χ2v) is 6.22. The number of hydrogen-bond donors (Lipinski definition) is 1. The molecule has 3 nitrogen and oxygen atoms in total. The van der Waals surface area contributed by atoms with Gasteiger partial charge in [0, 0.05) is 12.2 Å². The number of fused-ring (bicyclic) bond motifs is 1. The van der Waals surface area contributed by atoms with E-state index in [2.05, 4.69) is 36.1 Å². The quantitative estimate of drug-likeness (QED) is 0.932. The molecule has 0 aliphatic carbocycles. The van der Waals surface area contributed by atoms with E-state index < -0.39 is 0 Å². The number of rotatable bonds is 4. The first-order chi connectivity index (χ1) is 9.83. The average Bonchev–Trinajstić information content (AvgIpc) is 2.90. The fourth-order valence-electron chi connectivity index (χ4n) is 2.77. The van der Waals surface area contributed by atoms with E-state index in [4.69, 9.17) is 4.98 Å². The van der Waals surface area contributed by atoms with Gasteiger partial charge in [0.1, 0.15) is 0 Å². The van der Waals surface area contributed by atoms with Crippen molar-refractivity contribution in [1.29, 1.82) is 0 Å². The van der Waals surface area contributed by atoms with Gasteiger partial charge in [-0.3, -0.25) is 0 Å². The van der Waals surface area contributed by atoms with Crippen LogP contribution in [0.1, 0.15) is 35.9 Å². The lowest BCUT2D eigenvalue weighted by molar-refractivity contribution is 0.284. The number of aliphatic hydroxyl groups is 1. The van der Waals surface area contributed by atoms with Crippen molar-refractivity contribution in [3.8, 4) is 0 Å². The normalized spacial score (nSPS) is 14.4. The fraction of sp³-hybridized carbons (Fsp3) is 0.438. The largest absolute Gasteiger partial charge is 0.391 e. The molecule has 0 atom stereocenters. The van der Waals surface area contributed by atoms with Crippen molar-refractivity contribution in [1.82, 2.24) is 4.98 Å². The summed E-state index contributed by atoms with van der Waals surface area (Å²) < 4.78 is 0. The summed E-state index contributed by atoms with van der Waals surface area (Å²) in [5.41, 5.74) is 3.75. The van der Waals surface area contributed by atoms with Gasteiger partial charge in [0.2, 0.25) is 0 Å². The monoisotopic (exact) mass is 288 g/mol. The van der Waals surface area contributed by atoms with E-state index in [0.717, 1.165) is 47.9 Å². The van der Waals surface area contributed by atoms with Gasteiger partial charge in [-0.15, -0.1) is 0 Å². The van der Waals surface area contributed by atoms with Crippen molar-refractivity contribution in [2.24, 2.45) is 0 Å². The van der Waals surface area contributed by atoms with Gasteiger partial charge in [0.05, 0.1) is 17.2 Å². The zero-order chi connectivity index (χ0) is 13.9. The first-order valence-electron chi connectivity index (χ1n) is 7.28. The van der Waals surface area contributed by atoms with Gasteiger partial charge in [0.15, 0.2) is 5.13 Å². The van der Waals surface area contributed by atoms with Gasteiger partial charge in [-0.25, -0.2) is 4.98 Å². The average molecular weight is 288 g/mol. The molecule has 1 N–H and O–H groups in total. The number of aliphatic hydroxyl groups excluding tert-OH is 1. The first-order valence-corrected chi connectivity index (χ1v) is 8.10. The highest BCUT2D eigenvalue weighted by Crippen LogP contribution is 2.37. The molecule has 1 aromatic carbocycles. The first kappa shape index (κ1) is 13.6. The molecule has 1 aromatic heterocycles. The molecule has 1 aliphatic heterocycles.